The summed E-state index contributed by atoms with van der Waals surface area (Å²) in [7, 11) is 0. The van der Waals surface area contributed by atoms with E-state index in [0.717, 1.165) is 42.3 Å². The number of oxazole rings is 1. The Morgan fingerprint density at radius 2 is 2.25 bits per heavy atom. The number of hydrogen-bond acceptors (Lipinski definition) is 5. The van der Waals surface area contributed by atoms with Crippen molar-refractivity contribution in [1.29, 1.82) is 0 Å². The van der Waals surface area contributed by atoms with Gasteiger partial charge in [-0.1, -0.05) is 6.92 Å². The average molecular weight is 345 g/mol. The van der Waals surface area contributed by atoms with Crippen molar-refractivity contribution in [3.05, 3.63) is 33.4 Å². The van der Waals surface area contributed by atoms with Crippen LogP contribution in [0.15, 0.2) is 10.8 Å². The second-order valence-electron chi connectivity index (χ2n) is 6.99. The molecule has 6 heteroatoms. The van der Waals surface area contributed by atoms with E-state index in [9.17, 15) is 4.79 Å². The lowest BCUT2D eigenvalue weighted by Gasteiger charge is -2.18. The Bertz CT molecular complexity index is 747. The fraction of sp³-hybridized carbons (Fsp3) is 0.611. The van der Waals surface area contributed by atoms with Crippen LogP contribution in [0.25, 0.3) is 0 Å². The van der Waals surface area contributed by atoms with Crippen LogP contribution < -0.4 is 0 Å². The third-order valence-electron chi connectivity index (χ3n) is 4.98. The maximum atomic E-state index is 12.9. The van der Waals surface area contributed by atoms with E-state index in [2.05, 4.69) is 11.9 Å². The first-order valence-electron chi connectivity index (χ1n) is 8.85. The lowest BCUT2D eigenvalue weighted by atomic mass is 9.93. The van der Waals surface area contributed by atoms with Crippen LogP contribution >= 0.6 is 11.3 Å². The highest BCUT2D eigenvalue weighted by atomic mass is 32.1. The Morgan fingerprint density at radius 3 is 3.00 bits per heavy atom. The lowest BCUT2D eigenvalue weighted by Crippen LogP contribution is -2.30. The number of hydrogen-bond donors (Lipinski definition) is 0. The van der Waals surface area contributed by atoms with Gasteiger partial charge in [-0.3, -0.25) is 4.79 Å². The number of aromatic nitrogens is 2. The predicted octanol–water partition coefficient (Wildman–Crippen LogP) is 3.80. The molecule has 1 unspecified atom stereocenters. The zero-order chi connectivity index (χ0) is 16.7. The van der Waals surface area contributed by atoms with Crippen LogP contribution in [0.5, 0.6) is 0 Å². The van der Waals surface area contributed by atoms with E-state index in [0.29, 0.717) is 24.8 Å². The number of fused-ring (bicyclic) bond motifs is 1. The highest BCUT2D eigenvalue weighted by Gasteiger charge is 2.33. The van der Waals surface area contributed by atoms with Gasteiger partial charge in [0.25, 0.3) is 5.91 Å². The van der Waals surface area contributed by atoms with E-state index in [-0.39, 0.29) is 5.91 Å². The molecule has 0 aliphatic heterocycles. The van der Waals surface area contributed by atoms with Gasteiger partial charge in [0.05, 0.1) is 17.9 Å². The molecule has 1 atom stereocenters. The van der Waals surface area contributed by atoms with Crippen LogP contribution in [0.1, 0.15) is 70.9 Å². The molecular formula is C18H23N3O2S. The third-order valence-corrected chi connectivity index (χ3v) is 6.08. The Balaban J connectivity index is 1.51. The smallest absolute Gasteiger partial charge is 0.291 e. The van der Waals surface area contributed by atoms with Gasteiger partial charge in [-0.2, -0.15) is 0 Å². The first-order valence-corrected chi connectivity index (χ1v) is 9.67. The second-order valence-corrected chi connectivity index (χ2v) is 8.15. The van der Waals surface area contributed by atoms with Gasteiger partial charge in [0, 0.05) is 17.3 Å². The van der Waals surface area contributed by atoms with Crippen molar-refractivity contribution >= 4 is 17.2 Å². The normalized spacial score (nSPS) is 20.0. The second kappa shape index (κ2) is 6.31. The molecular weight excluding hydrogens is 322 g/mol. The molecule has 24 heavy (non-hydrogen) atoms. The van der Waals surface area contributed by atoms with E-state index in [1.165, 1.54) is 23.4 Å². The van der Waals surface area contributed by atoms with Crippen molar-refractivity contribution < 1.29 is 9.21 Å². The van der Waals surface area contributed by atoms with Gasteiger partial charge in [-0.15, -0.1) is 11.3 Å². The molecule has 0 N–H and O–H groups in total. The number of amides is 1. The van der Waals surface area contributed by atoms with Crippen molar-refractivity contribution in [2.75, 3.05) is 6.54 Å². The summed E-state index contributed by atoms with van der Waals surface area (Å²) in [5.74, 6) is 1.52. The molecule has 0 aromatic carbocycles. The van der Waals surface area contributed by atoms with E-state index in [1.54, 1.807) is 11.3 Å². The molecule has 1 amide bonds. The standard InChI is InChI=1S/C18H23N3O2S/c1-3-21(18(22)17-16(12-5-6-12)19-10-23-17)9-15-20-13-7-4-11(2)8-14(13)24-15/h10-12H,3-9H2,1-2H3. The fourth-order valence-electron chi connectivity index (χ4n) is 3.36. The Kier molecular flexibility index (Phi) is 4.16. The first kappa shape index (κ1) is 15.8. The molecule has 1 fully saturated rings. The Morgan fingerprint density at radius 1 is 1.42 bits per heavy atom. The van der Waals surface area contributed by atoms with Crippen LogP contribution in [0.4, 0.5) is 0 Å². The van der Waals surface area contributed by atoms with Crippen LogP contribution in [-0.4, -0.2) is 27.3 Å². The summed E-state index contributed by atoms with van der Waals surface area (Å²) in [5.41, 5.74) is 2.08. The average Bonchev–Trinajstić information content (AvgIpc) is 3.16. The largest absolute Gasteiger partial charge is 0.438 e. The molecule has 2 aromatic heterocycles. The van der Waals surface area contributed by atoms with Crippen molar-refractivity contribution in [2.45, 2.75) is 58.4 Å². The number of carbonyl (C=O) groups is 1. The maximum Gasteiger partial charge on any atom is 0.291 e. The quantitative estimate of drug-likeness (QED) is 0.827. The molecule has 0 spiro atoms. The molecule has 0 bridgehead atoms. The summed E-state index contributed by atoms with van der Waals surface area (Å²) in [6, 6.07) is 0. The molecule has 1 saturated carbocycles. The number of rotatable bonds is 5. The molecule has 5 nitrogen and oxygen atoms in total. The van der Waals surface area contributed by atoms with Crippen LogP contribution in [0, 0.1) is 5.92 Å². The Hall–Kier alpha value is -1.69. The van der Waals surface area contributed by atoms with E-state index >= 15 is 0 Å². The molecule has 0 radical (unpaired) electrons. The van der Waals surface area contributed by atoms with E-state index in [4.69, 9.17) is 9.40 Å². The van der Waals surface area contributed by atoms with Crippen molar-refractivity contribution in [1.82, 2.24) is 14.9 Å². The number of thiazole rings is 1. The zero-order valence-corrected chi connectivity index (χ0v) is 15.1. The van der Waals surface area contributed by atoms with Gasteiger partial charge in [-0.25, -0.2) is 9.97 Å². The fourth-order valence-corrected chi connectivity index (χ4v) is 4.65. The molecule has 4 rings (SSSR count). The highest BCUT2D eigenvalue weighted by Crippen LogP contribution is 2.41. The third kappa shape index (κ3) is 2.99. The minimum atomic E-state index is -0.0570. The van der Waals surface area contributed by atoms with E-state index in [1.807, 2.05) is 11.8 Å². The molecule has 2 heterocycles. The topological polar surface area (TPSA) is 59.2 Å². The summed E-state index contributed by atoms with van der Waals surface area (Å²) in [6.07, 6.45) is 7.03. The molecule has 2 aromatic rings. The number of carbonyl (C=O) groups excluding carboxylic acids is 1. The summed E-state index contributed by atoms with van der Waals surface area (Å²) in [4.78, 5) is 25.1. The molecule has 0 saturated heterocycles. The van der Waals surface area contributed by atoms with Gasteiger partial charge in [-0.05, 0) is 44.9 Å². The van der Waals surface area contributed by atoms with Crippen molar-refractivity contribution in [2.24, 2.45) is 5.92 Å². The summed E-state index contributed by atoms with van der Waals surface area (Å²) >= 11 is 1.77. The van der Waals surface area contributed by atoms with Crippen LogP contribution in [-0.2, 0) is 19.4 Å². The molecule has 2 aliphatic carbocycles. The Labute approximate surface area is 146 Å². The first-order chi connectivity index (χ1) is 11.7. The summed E-state index contributed by atoms with van der Waals surface area (Å²) in [6.45, 7) is 5.50. The summed E-state index contributed by atoms with van der Waals surface area (Å²) < 4.78 is 5.42. The molecule has 128 valence electrons. The minimum Gasteiger partial charge on any atom is -0.438 e. The lowest BCUT2D eigenvalue weighted by molar-refractivity contribution is 0.0718. The van der Waals surface area contributed by atoms with Gasteiger partial charge in [0.1, 0.15) is 5.01 Å². The predicted molar refractivity (Wildman–Crippen MR) is 92.2 cm³/mol. The van der Waals surface area contributed by atoms with Crippen LogP contribution in [0.2, 0.25) is 0 Å². The van der Waals surface area contributed by atoms with Gasteiger partial charge < -0.3 is 9.32 Å². The number of nitrogens with zero attached hydrogens (tertiary/aromatic N) is 3. The van der Waals surface area contributed by atoms with Gasteiger partial charge in [0.15, 0.2) is 6.39 Å². The van der Waals surface area contributed by atoms with Crippen molar-refractivity contribution in [3.8, 4) is 0 Å². The van der Waals surface area contributed by atoms with Crippen molar-refractivity contribution in [3.63, 3.8) is 0 Å². The van der Waals surface area contributed by atoms with E-state index < -0.39 is 0 Å². The monoisotopic (exact) mass is 345 g/mol. The summed E-state index contributed by atoms with van der Waals surface area (Å²) in [5, 5.41) is 1.04. The zero-order valence-electron chi connectivity index (χ0n) is 14.2. The number of aryl methyl sites for hydroxylation is 1. The molecule has 2 aliphatic rings. The maximum absolute atomic E-state index is 12.9. The van der Waals surface area contributed by atoms with Gasteiger partial charge in [0.2, 0.25) is 5.76 Å². The van der Waals surface area contributed by atoms with Gasteiger partial charge >= 0.3 is 0 Å². The van der Waals surface area contributed by atoms with Crippen LogP contribution in [0.3, 0.4) is 0 Å². The SMILES string of the molecule is CCN(Cc1nc2c(s1)CC(C)CC2)C(=O)c1ocnc1C1CC1. The highest BCUT2D eigenvalue weighted by molar-refractivity contribution is 7.11. The minimum absolute atomic E-state index is 0.0570.